The fourth-order valence-electron chi connectivity index (χ4n) is 3.18. The summed E-state index contributed by atoms with van der Waals surface area (Å²) in [5.41, 5.74) is 0.743. The van der Waals surface area contributed by atoms with Crippen LogP contribution < -0.4 is 5.32 Å². The summed E-state index contributed by atoms with van der Waals surface area (Å²) in [6.07, 6.45) is 0.944. The van der Waals surface area contributed by atoms with Gasteiger partial charge in [-0.3, -0.25) is 9.69 Å². The van der Waals surface area contributed by atoms with Crippen LogP contribution in [-0.4, -0.2) is 61.1 Å². The predicted molar refractivity (Wildman–Crippen MR) is 107 cm³/mol. The number of nitrogens with one attached hydrogen (secondary N) is 1. The van der Waals surface area contributed by atoms with E-state index in [9.17, 15) is 9.59 Å². The lowest BCUT2D eigenvalue weighted by Gasteiger charge is -2.33. The number of piperidine rings is 1. The van der Waals surface area contributed by atoms with Crippen molar-refractivity contribution in [1.82, 2.24) is 15.1 Å². The molecule has 8 heteroatoms. The average molecular weight is 416 g/mol. The Bertz CT molecular complexity index is 654. The maximum Gasteiger partial charge on any atom is 0.410 e. The number of likely N-dealkylation sites (N-methyl/N-ethyl adjacent to an activating group) is 1. The molecule has 0 unspecified atom stereocenters. The highest BCUT2D eigenvalue weighted by atomic mass is 35.5. The molecule has 1 saturated heterocycles. The first-order valence-electron chi connectivity index (χ1n) is 9.05. The number of hydrogen-bond acceptors (Lipinski definition) is 4. The smallest absolute Gasteiger partial charge is 0.410 e. The van der Waals surface area contributed by atoms with Crippen LogP contribution in [0.15, 0.2) is 18.2 Å². The monoisotopic (exact) mass is 415 g/mol. The van der Waals surface area contributed by atoms with Gasteiger partial charge in [0.1, 0.15) is 6.04 Å². The number of ether oxygens (including phenoxy) is 1. The molecule has 1 atom stereocenters. The second kappa shape index (κ2) is 9.62. The molecule has 1 aromatic rings. The van der Waals surface area contributed by atoms with Crippen LogP contribution in [-0.2, 0) is 9.53 Å². The van der Waals surface area contributed by atoms with Crippen molar-refractivity contribution < 1.29 is 14.3 Å². The van der Waals surface area contributed by atoms with Crippen molar-refractivity contribution in [3.8, 4) is 0 Å². The van der Waals surface area contributed by atoms with Crippen LogP contribution in [0.25, 0.3) is 0 Å². The molecule has 2 rings (SSSR count). The minimum atomic E-state index is -0.495. The van der Waals surface area contributed by atoms with Gasteiger partial charge in [0.05, 0.1) is 6.10 Å². The zero-order chi connectivity index (χ0) is 20.1. The van der Waals surface area contributed by atoms with Crippen LogP contribution in [0.2, 0.25) is 10.0 Å². The first-order chi connectivity index (χ1) is 12.7. The number of nitrogens with zero attached hydrogens (tertiary/aromatic N) is 2. The number of rotatable bonds is 5. The third-order valence-electron chi connectivity index (χ3n) is 4.40. The minimum Gasteiger partial charge on any atom is -0.447 e. The molecule has 0 spiro atoms. The van der Waals surface area contributed by atoms with Gasteiger partial charge in [0.15, 0.2) is 0 Å². The number of likely N-dealkylation sites (tertiary alicyclic amines) is 1. The summed E-state index contributed by atoms with van der Waals surface area (Å²) in [5.74, 6) is -0.110. The van der Waals surface area contributed by atoms with E-state index < -0.39 is 6.04 Å². The highest BCUT2D eigenvalue weighted by Gasteiger charge is 2.29. The van der Waals surface area contributed by atoms with E-state index in [1.807, 2.05) is 32.8 Å². The van der Waals surface area contributed by atoms with Gasteiger partial charge in [-0.1, -0.05) is 23.2 Å². The molecule has 0 saturated carbocycles. The Balaban J connectivity index is 1.98. The number of benzene rings is 1. The van der Waals surface area contributed by atoms with Gasteiger partial charge >= 0.3 is 6.09 Å². The van der Waals surface area contributed by atoms with Crippen molar-refractivity contribution in [1.29, 1.82) is 0 Å². The SMILES string of the molecule is CC(C)OC(=O)N1CCC(NC(=O)[C@H](c2cc(Cl)cc(Cl)c2)N(C)C)CC1. The summed E-state index contributed by atoms with van der Waals surface area (Å²) < 4.78 is 5.22. The average Bonchev–Trinajstić information content (AvgIpc) is 2.53. The molecule has 1 heterocycles. The van der Waals surface area contributed by atoms with Crippen molar-refractivity contribution in [2.45, 2.75) is 44.9 Å². The maximum atomic E-state index is 12.9. The molecule has 1 aliphatic rings. The number of halogens is 2. The zero-order valence-electron chi connectivity index (χ0n) is 16.2. The van der Waals surface area contributed by atoms with E-state index in [1.165, 1.54) is 0 Å². The third-order valence-corrected chi connectivity index (χ3v) is 4.84. The van der Waals surface area contributed by atoms with E-state index in [0.717, 1.165) is 5.56 Å². The molecule has 6 nitrogen and oxygen atoms in total. The lowest BCUT2D eigenvalue weighted by atomic mass is 10.0. The lowest BCUT2D eigenvalue weighted by molar-refractivity contribution is -0.126. The highest BCUT2D eigenvalue weighted by molar-refractivity contribution is 6.34. The van der Waals surface area contributed by atoms with Crippen molar-refractivity contribution in [2.24, 2.45) is 0 Å². The predicted octanol–water partition coefficient (Wildman–Crippen LogP) is 3.72. The Morgan fingerprint density at radius 3 is 2.19 bits per heavy atom. The normalized spacial score (nSPS) is 16.5. The van der Waals surface area contributed by atoms with Gasteiger partial charge in [-0.05, 0) is 64.5 Å². The largest absolute Gasteiger partial charge is 0.447 e. The fraction of sp³-hybridized carbons (Fsp3) is 0.579. The van der Waals surface area contributed by atoms with Gasteiger partial charge in [0, 0.05) is 29.2 Å². The molecule has 2 amide bonds. The molecule has 0 radical (unpaired) electrons. The molecule has 150 valence electrons. The molecular weight excluding hydrogens is 389 g/mol. The Hall–Kier alpha value is -1.50. The van der Waals surface area contributed by atoms with Crippen LogP contribution in [0.4, 0.5) is 4.79 Å². The number of carbonyl (C=O) groups is 2. The summed E-state index contributed by atoms with van der Waals surface area (Å²) in [6, 6.07) is 4.66. The van der Waals surface area contributed by atoms with Crippen molar-refractivity contribution >= 4 is 35.2 Å². The van der Waals surface area contributed by atoms with Crippen LogP contribution in [0.1, 0.15) is 38.3 Å². The lowest BCUT2D eigenvalue weighted by Crippen LogP contribution is -2.49. The topological polar surface area (TPSA) is 61.9 Å². The maximum absolute atomic E-state index is 12.9. The molecule has 0 bridgehead atoms. The summed E-state index contributed by atoms with van der Waals surface area (Å²) in [4.78, 5) is 28.4. The van der Waals surface area contributed by atoms with Crippen molar-refractivity contribution in [3.63, 3.8) is 0 Å². The molecule has 1 N–H and O–H groups in total. The Kier molecular flexibility index (Phi) is 7.77. The van der Waals surface area contributed by atoms with Crippen molar-refractivity contribution in [2.75, 3.05) is 27.2 Å². The first-order valence-corrected chi connectivity index (χ1v) is 9.81. The highest BCUT2D eigenvalue weighted by Crippen LogP contribution is 2.27. The van der Waals surface area contributed by atoms with Crippen LogP contribution >= 0.6 is 23.2 Å². The number of amides is 2. The summed E-state index contributed by atoms with van der Waals surface area (Å²) in [7, 11) is 3.67. The van der Waals surface area contributed by atoms with Crippen molar-refractivity contribution in [3.05, 3.63) is 33.8 Å². The molecule has 1 aromatic carbocycles. The van der Waals surface area contributed by atoms with E-state index in [4.69, 9.17) is 27.9 Å². The zero-order valence-corrected chi connectivity index (χ0v) is 17.7. The van der Waals surface area contributed by atoms with E-state index in [-0.39, 0.29) is 24.1 Å². The van der Waals surface area contributed by atoms with Crippen LogP contribution in [0, 0.1) is 0 Å². The molecule has 1 fully saturated rings. The van der Waals surface area contributed by atoms with E-state index >= 15 is 0 Å². The van der Waals surface area contributed by atoms with Gasteiger partial charge in [0.25, 0.3) is 0 Å². The number of hydrogen-bond donors (Lipinski definition) is 1. The molecule has 1 aliphatic heterocycles. The van der Waals surface area contributed by atoms with E-state index in [1.54, 1.807) is 23.1 Å². The second-order valence-electron chi connectivity index (χ2n) is 7.27. The molecule has 27 heavy (non-hydrogen) atoms. The standard InChI is InChI=1S/C19H27Cl2N3O3/c1-12(2)27-19(26)24-7-5-16(6-8-24)22-18(25)17(23(3)4)13-9-14(20)11-15(21)10-13/h9-12,16-17H,5-8H2,1-4H3,(H,22,25)/t17-/m0/s1. The summed E-state index contributed by atoms with van der Waals surface area (Å²) >= 11 is 12.2. The van der Waals surface area contributed by atoms with E-state index in [2.05, 4.69) is 5.32 Å². The van der Waals surface area contributed by atoms with Crippen LogP contribution in [0.5, 0.6) is 0 Å². The van der Waals surface area contributed by atoms with Gasteiger partial charge in [-0.25, -0.2) is 4.79 Å². The third kappa shape index (κ3) is 6.26. The molecular formula is C19H27Cl2N3O3. The Labute approximate surface area is 170 Å². The Morgan fingerprint density at radius 2 is 1.70 bits per heavy atom. The number of carbonyl (C=O) groups excluding carboxylic acids is 2. The quantitative estimate of drug-likeness (QED) is 0.795. The van der Waals surface area contributed by atoms with Gasteiger partial charge in [-0.15, -0.1) is 0 Å². The van der Waals surface area contributed by atoms with Gasteiger partial charge < -0.3 is 15.0 Å². The van der Waals surface area contributed by atoms with E-state index in [0.29, 0.717) is 36.0 Å². The second-order valence-corrected chi connectivity index (χ2v) is 8.14. The Morgan fingerprint density at radius 1 is 1.15 bits per heavy atom. The summed E-state index contributed by atoms with van der Waals surface area (Å²) in [6.45, 7) is 4.78. The molecule has 0 aromatic heterocycles. The van der Waals surface area contributed by atoms with Gasteiger partial charge in [-0.2, -0.15) is 0 Å². The van der Waals surface area contributed by atoms with Crippen LogP contribution in [0.3, 0.4) is 0 Å². The first kappa shape index (κ1) is 21.8. The summed E-state index contributed by atoms with van der Waals surface area (Å²) in [5, 5.41) is 4.08. The molecule has 0 aliphatic carbocycles. The van der Waals surface area contributed by atoms with Gasteiger partial charge in [0.2, 0.25) is 5.91 Å². The minimum absolute atomic E-state index is 0.0118. The fourth-order valence-corrected chi connectivity index (χ4v) is 3.72.